The van der Waals surface area contributed by atoms with Gasteiger partial charge in [-0.25, -0.2) is 0 Å². The van der Waals surface area contributed by atoms with Crippen LogP contribution in [0.25, 0.3) is 0 Å². The molecule has 0 unspecified atom stereocenters. The van der Waals surface area contributed by atoms with E-state index in [-0.39, 0.29) is 207 Å². The van der Waals surface area contributed by atoms with Crippen molar-refractivity contribution in [2.45, 2.75) is 0 Å². The zero-order valence-corrected chi connectivity index (χ0v) is 29.0. The van der Waals surface area contributed by atoms with Gasteiger partial charge in [-0.1, -0.05) is 0 Å². The molecular weight excluding hydrogens is 542 g/mol. The molecule has 0 radical (unpaired) electrons. The molecule has 128 valence electrons. The molecule has 0 bridgehead atoms. The average Bonchev–Trinajstić information content (AvgIpc) is 1.41. The summed E-state index contributed by atoms with van der Waals surface area (Å²) in [5.41, 5.74) is 0. The minimum Gasteiger partial charge on any atom is -1.00 e. The molecule has 0 spiro atoms. The molecule has 0 rings (SSSR count). The van der Waals surface area contributed by atoms with Crippen LogP contribution in [0.1, 0.15) is 5.71 Å². The van der Waals surface area contributed by atoms with Crippen molar-refractivity contribution in [2.75, 3.05) is 0 Å². The minimum absolute atomic E-state index is 0. The molecular formula is H4Al4F3Na4O12P3. The van der Waals surface area contributed by atoms with E-state index >= 15 is 0 Å². The van der Waals surface area contributed by atoms with Crippen molar-refractivity contribution in [3.8, 4) is 0 Å². The summed E-state index contributed by atoms with van der Waals surface area (Å²) in [4.78, 5) is 76.9. The molecule has 0 fully saturated rings. The molecule has 26 heavy (non-hydrogen) atoms. The molecule has 0 atom stereocenters. The summed E-state index contributed by atoms with van der Waals surface area (Å²) in [6.45, 7) is 0. The molecule has 0 aliphatic carbocycles. The van der Waals surface area contributed by atoms with Crippen LogP contribution in [0.3, 0.4) is 0 Å². The zero-order valence-electron chi connectivity index (χ0n) is 17.7. The Kier molecular flexibility index (Phi) is 177. The summed E-state index contributed by atoms with van der Waals surface area (Å²) in [5.74, 6) is 0. The predicted octanol–water partition coefficient (Wildman–Crippen LogP) is -30.5. The first-order chi connectivity index (χ1) is 6.00. The average molecular weight is 546 g/mol. The zero-order chi connectivity index (χ0) is 13.5. The molecule has 0 N–H and O–H groups in total. The van der Waals surface area contributed by atoms with Gasteiger partial charge in [0, 0.05) is 0 Å². The summed E-state index contributed by atoms with van der Waals surface area (Å²) in [7, 11) is -16.2. The van der Waals surface area contributed by atoms with Crippen LogP contribution in [-0.2, 0) is 13.7 Å². The maximum absolute atomic E-state index is 8.55. The van der Waals surface area contributed by atoms with Gasteiger partial charge in [-0.3, -0.25) is 0 Å². The van der Waals surface area contributed by atoms with E-state index in [1.165, 1.54) is 0 Å². The van der Waals surface area contributed by atoms with Crippen molar-refractivity contribution in [2.24, 2.45) is 0 Å². The number of rotatable bonds is 0. The summed E-state index contributed by atoms with van der Waals surface area (Å²) in [6.07, 6.45) is 0. The van der Waals surface area contributed by atoms with Crippen molar-refractivity contribution < 1.29 is 196 Å². The molecule has 0 saturated carbocycles. The van der Waals surface area contributed by atoms with Crippen molar-refractivity contribution in [1.29, 1.82) is 0 Å². The molecule has 0 saturated heterocycles. The third-order valence-electron chi connectivity index (χ3n) is 0. The van der Waals surface area contributed by atoms with Gasteiger partial charge in [0.25, 0.3) is 0 Å². The molecule has 0 aromatic heterocycles. The van der Waals surface area contributed by atoms with Gasteiger partial charge in [-0.2, -0.15) is 23.5 Å². The van der Waals surface area contributed by atoms with E-state index in [1.807, 2.05) is 0 Å². The number of phosphoric acid groups is 3. The molecule has 0 aliphatic heterocycles. The Balaban J connectivity index is -0.00000000360. The Morgan fingerprint density at radius 3 is 0.385 bits per heavy atom. The number of hydrogen-bond acceptors (Lipinski definition) is 12. The number of halogens is 3. The van der Waals surface area contributed by atoms with Crippen LogP contribution in [0.15, 0.2) is 0 Å². The third kappa shape index (κ3) is 663. The first kappa shape index (κ1) is 94.6. The Morgan fingerprint density at radius 2 is 0.385 bits per heavy atom. The largest absolute Gasteiger partial charge is 3.00 e. The van der Waals surface area contributed by atoms with Gasteiger partial charge in [-0.15, -0.1) is 0 Å². The van der Waals surface area contributed by atoms with Crippen LogP contribution in [-0.4, -0.2) is 69.4 Å². The normalized spacial score (nSPS) is 6.81. The molecule has 0 aromatic rings. The van der Waals surface area contributed by atoms with Crippen LogP contribution in [0.5, 0.6) is 0 Å². The Hall–Kier alpha value is 6.25. The molecule has 0 aromatic carbocycles. The van der Waals surface area contributed by atoms with Gasteiger partial charge in [0.1, 0.15) is 0 Å². The Bertz CT molecular complexity index is 257. The number of hydrogen-bond donors (Lipinski definition) is 0. The fourth-order valence-electron chi connectivity index (χ4n) is 0. The summed E-state index contributed by atoms with van der Waals surface area (Å²) >= 11 is 0. The van der Waals surface area contributed by atoms with E-state index < -0.39 is 23.5 Å². The van der Waals surface area contributed by atoms with Gasteiger partial charge in [0.2, 0.25) is 0 Å². The second kappa shape index (κ2) is 48.6. The topological polar surface area (TPSA) is 259 Å². The van der Waals surface area contributed by atoms with E-state index in [4.69, 9.17) is 57.7 Å². The minimum atomic E-state index is -5.39. The molecule has 0 aliphatic rings. The third-order valence-corrected chi connectivity index (χ3v) is 0. The fourth-order valence-corrected chi connectivity index (χ4v) is 0. The van der Waals surface area contributed by atoms with Gasteiger partial charge < -0.3 is 77.6 Å². The monoisotopic (exact) mass is 546 g/mol. The van der Waals surface area contributed by atoms with Crippen LogP contribution < -0.4 is 176 Å². The van der Waals surface area contributed by atoms with Crippen molar-refractivity contribution in [3.05, 3.63) is 0 Å². The van der Waals surface area contributed by atoms with Crippen LogP contribution in [0.2, 0.25) is 0 Å². The van der Waals surface area contributed by atoms with Gasteiger partial charge in [0.15, 0.2) is 0 Å². The SMILES string of the molecule is O=P([O-])([O-])[O-].O=P([O-])([O-])[O-].O=P([O-])([O-])[O-].[Al+3].[Al+3].[Al+3].[Al+3].[F-].[F-].[F-].[H-].[H-].[H-].[H-].[Na+].[Na+].[Na+].[Na+]. The second-order valence-electron chi connectivity index (χ2n) is 1.34. The molecule has 0 amide bonds. The van der Waals surface area contributed by atoms with Crippen molar-refractivity contribution >= 4 is 92.9 Å². The molecule has 0 heterocycles. The van der Waals surface area contributed by atoms with E-state index in [0.717, 1.165) is 0 Å². The second-order valence-corrected chi connectivity index (χ2v) is 4.02. The summed E-state index contributed by atoms with van der Waals surface area (Å²) < 4.78 is 25.6. The first-order valence-electron chi connectivity index (χ1n) is 2.19. The van der Waals surface area contributed by atoms with Crippen molar-refractivity contribution in [3.63, 3.8) is 0 Å². The summed E-state index contributed by atoms with van der Waals surface area (Å²) in [5, 5.41) is 0. The maximum atomic E-state index is 8.55. The van der Waals surface area contributed by atoms with Crippen LogP contribution in [0.4, 0.5) is 0 Å². The predicted molar refractivity (Wildman–Crippen MR) is 50.3 cm³/mol. The van der Waals surface area contributed by atoms with Gasteiger partial charge in [0.05, 0.1) is 0 Å². The fraction of sp³-hybridized carbons (Fsp3) is 0. The smallest absolute Gasteiger partial charge is 1.00 e. The Morgan fingerprint density at radius 1 is 0.385 bits per heavy atom. The van der Waals surface area contributed by atoms with E-state index in [9.17, 15) is 0 Å². The maximum Gasteiger partial charge on any atom is 3.00 e. The van der Waals surface area contributed by atoms with E-state index in [2.05, 4.69) is 0 Å². The molecule has 12 nitrogen and oxygen atoms in total. The molecule has 26 heteroatoms. The van der Waals surface area contributed by atoms with Crippen molar-refractivity contribution in [1.82, 2.24) is 0 Å². The van der Waals surface area contributed by atoms with Gasteiger partial charge >= 0.3 is 188 Å². The van der Waals surface area contributed by atoms with Crippen LogP contribution in [0, 0.1) is 0 Å². The van der Waals surface area contributed by atoms with Crippen LogP contribution >= 0.6 is 23.5 Å². The van der Waals surface area contributed by atoms with E-state index in [1.54, 1.807) is 0 Å². The summed E-state index contributed by atoms with van der Waals surface area (Å²) in [6, 6.07) is 0. The van der Waals surface area contributed by atoms with Gasteiger partial charge in [-0.05, 0) is 0 Å². The first-order valence-corrected chi connectivity index (χ1v) is 6.57. The van der Waals surface area contributed by atoms with E-state index in [0.29, 0.717) is 0 Å². The standard InChI is InChI=1S/4Al.3FH.4Na.3H3O4P.4H/c;;;;;;;;;;;3*1-5(2,3)4;;;;/h;;;;3*1H;;;;;3*(H3,1,2,3,4);;;;/q4*+3;;;;4*+1;;;;4*-1/p-12. The quantitative estimate of drug-likeness (QED) is 0.203. The Labute approximate surface area is 283 Å².